The normalized spacial score (nSPS) is 12.5. The first-order chi connectivity index (χ1) is 9.97. The summed E-state index contributed by atoms with van der Waals surface area (Å²) in [6.07, 6.45) is 0. The Hall–Kier alpha value is -1.33. The van der Waals surface area contributed by atoms with E-state index in [1.165, 1.54) is 5.56 Å². The zero-order chi connectivity index (χ0) is 15.4. The molecule has 5 heteroatoms. The van der Waals surface area contributed by atoms with E-state index >= 15 is 0 Å². The summed E-state index contributed by atoms with van der Waals surface area (Å²) in [5, 5.41) is 19.2. The van der Waals surface area contributed by atoms with Gasteiger partial charge in [-0.1, -0.05) is 48.0 Å². The van der Waals surface area contributed by atoms with E-state index in [4.69, 9.17) is 11.6 Å². The summed E-state index contributed by atoms with van der Waals surface area (Å²) in [4.78, 5) is 2.20. The molecule has 2 rings (SSSR count). The van der Waals surface area contributed by atoms with Crippen LogP contribution in [0.2, 0.25) is 5.02 Å². The van der Waals surface area contributed by atoms with Crippen LogP contribution in [0.4, 0.5) is 0 Å². The van der Waals surface area contributed by atoms with E-state index in [2.05, 4.69) is 11.8 Å². The summed E-state index contributed by atoms with van der Waals surface area (Å²) < 4.78 is 0. The lowest BCUT2D eigenvalue weighted by Gasteiger charge is -2.25. The molecule has 0 saturated carbocycles. The van der Waals surface area contributed by atoms with Crippen LogP contribution in [0, 0.1) is 0 Å². The predicted molar refractivity (Wildman–Crippen MR) is 87.6 cm³/mol. The van der Waals surface area contributed by atoms with Crippen molar-refractivity contribution >= 4 is 24.2 Å². The summed E-state index contributed by atoms with van der Waals surface area (Å²) in [6, 6.07) is 15.4. The molecule has 0 bridgehead atoms. The Morgan fingerprint density at radius 3 is 2.43 bits per heavy atom. The average Bonchev–Trinajstić information content (AvgIpc) is 2.47. The van der Waals surface area contributed by atoms with Gasteiger partial charge < -0.3 is 10.0 Å². The predicted octanol–water partition coefficient (Wildman–Crippen LogP) is 2.21. The van der Waals surface area contributed by atoms with Crippen molar-refractivity contribution in [2.24, 2.45) is 0 Å². The van der Waals surface area contributed by atoms with Gasteiger partial charge in [0.1, 0.15) is 0 Å². The van der Waals surface area contributed by atoms with E-state index in [9.17, 15) is 10.0 Å². The third kappa shape index (κ3) is 4.32. The van der Waals surface area contributed by atoms with E-state index in [0.29, 0.717) is 5.46 Å². The van der Waals surface area contributed by atoms with Crippen molar-refractivity contribution in [3.05, 3.63) is 64.7 Å². The molecule has 2 N–H and O–H groups in total. The van der Waals surface area contributed by atoms with Gasteiger partial charge in [0, 0.05) is 17.6 Å². The molecule has 1 unspecified atom stereocenters. The molecule has 0 fully saturated rings. The fraction of sp³-hybridized carbons (Fsp3) is 0.250. The van der Waals surface area contributed by atoms with Crippen LogP contribution >= 0.6 is 11.6 Å². The minimum Gasteiger partial charge on any atom is -0.423 e. The molecule has 21 heavy (non-hydrogen) atoms. The fourth-order valence-electron chi connectivity index (χ4n) is 2.27. The molecule has 2 aromatic rings. The van der Waals surface area contributed by atoms with Crippen LogP contribution in [0.25, 0.3) is 0 Å². The molecule has 0 radical (unpaired) electrons. The maximum absolute atomic E-state index is 9.22. The molecule has 0 spiro atoms. The second kappa shape index (κ2) is 7.10. The average molecular weight is 304 g/mol. The van der Waals surface area contributed by atoms with Crippen LogP contribution in [0.5, 0.6) is 0 Å². The molecule has 0 aliphatic carbocycles. The van der Waals surface area contributed by atoms with E-state index in [-0.39, 0.29) is 6.04 Å². The van der Waals surface area contributed by atoms with Crippen molar-refractivity contribution in [3.8, 4) is 0 Å². The SMILES string of the molecule is CC(c1ccc(Cl)cc1)N(C)Cc1cccc(B(O)O)c1. The van der Waals surface area contributed by atoms with Crippen LogP contribution in [-0.4, -0.2) is 29.1 Å². The second-order valence-electron chi connectivity index (χ2n) is 5.26. The first-order valence-corrected chi connectivity index (χ1v) is 7.26. The highest BCUT2D eigenvalue weighted by Crippen LogP contribution is 2.22. The van der Waals surface area contributed by atoms with Gasteiger partial charge in [0.25, 0.3) is 0 Å². The minimum absolute atomic E-state index is 0.241. The van der Waals surface area contributed by atoms with Crippen LogP contribution in [0.15, 0.2) is 48.5 Å². The molecule has 0 heterocycles. The zero-order valence-electron chi connectivity index (χ0n) is 12.2. The molecule has 2 aromatic carbocycles. The molecule has 0 aliphatic rings. The third-order valence-corrected chi connectivity index (χ3v) is 3.95. The minimum atomic E-state index is -1.43. The van der Waals surface area contributed by atoms with Gasteiger partial charge in [-0.2, -0.15) is 0 Å². The number of nitrogens with zero attached hydrogens (tertiary/aromatic N) is 1. The summed E-state index contributed by atoms with van der Waals surface area (Å²) in [5.74, 6) is 0. The molecule has 0 amide bonds. The van der Waals surface area contributed by atoms with Crippen LogP contribution in [-0.2, 0) is 6.54 Å². The molecule has 0 saturated heterocycles. The number of benzene rings is 2. The molecule has 0 aliphatic heterocycles. The summed E-state index contributed by atoms with van der Waals surface area (Å²) in [7, 11) is 0.616. The summed E-state index contributed by atoms with van der Waals surface area (Å²) in [6.45, 7) is 2.86. The van der Waals surface area contributed by atoms with E-state index < -0.39 is 7.12 Å². The lowest BCUT2D eigenvalue weighted by atomic mass is 9.79. The highest BCUT2D eigenvalue weighted by molar-refractivity contribution is 6.58. The Morgan fingerprint density at radius 1 is 1.14 bits per heavy atom. The van der Waals surface area contributed by atoms with E-state index in [0.717, 1.165) is 17.1 Å². The van der Waals surface area contributed by atoms with Crippen molar-refractivity contribution in [1.82, 2.24) is 4.90 Å². The Labute approximate surface area is 130 Å². The van der Waals surface area contributed by atoms with Gasteiger partial charge in [-0.05, 0) is 42.7 Å². The van der Waals surface area contributed by atoms with Gasteiger partial charge in [-0.25, -0.2) is 0 Å². The quantitative estimate of drug-likeness (QED) is 0.832. The van der Waals surface area contributed by atoms with Crippen LogP contribution in [0.1, 0.15) is 24.1 Å². The molecule has 0 aromatic heterocycles. The molecular formula is C16H19BClNO2. The second-order valence-corrected chi connectivity index (χ2v) is 5.70. The lowest BCUT2D eigenvalue weighted by molar-refractivity contribution is 0.253. The molecule has 3 nitrogen and oxygen atoms in total. The van der Waals surface area contributed by atoms with Crippen molar-refractivity contribution in [3.63, 3.8) is 0 Å². The van der Waals surface area contributed by atoms with Gasteiger partial charge >= 0.3 is 7.12 Å². The fourth-order valence-corrected chi connectivity index (χ4v) is 2.40. The highest BCUT2D eigenvalue weighted by atomic mass is 35.5. The van der Waals surface area contributed by atoms with Gasteiger partial charge in [0.15, 0.2) is 0 Å². The highest BCUT2D eigenvalue weighted by Gasteiger charge is 2.14. The standard InChI is InChI=1S/C16H19BClNO2/c1-12(14-6-8-16(18)9-7-14)19(2)11-13-4-3-5-15(10-13)17(20)21/h3-10,12,20-21H,11H2,1-2H3. The van der Waals surface area contributed by atoms with Crippen LogP contribution < -0.4 is 5.46 Å². The van der Waals surface area contributed by atoms with E-state index in [1.807, 2.05) is 49.5 Å². The Morgan fingerprint density at radius 2 is 1.81 bits per heavy atom. The van der Waals surface area contributed by atoms with Gasteiger partial charge in [0.2, 0.25) is 0 Å². The van der Waals surface area contributed by atoms with Gasteiger partial charge in [0.05, 0.1) is 0 Å². The molecule has 1 atom stereocenters. The maximum Gasteiger partial charge on any atom is 0.488 e. The van der Waals surface area contributed by atoms with Crippen LogP contribution in [0.3, 0.4) is 0 Å². The zero-order valence-corrected chi connectivity index (χ0v) is 13.0. The lowest BCUT2D eigenvalue weighted by Crippen LogP contribution is -2.30. The monoisotopic (exact) mass is 303 g/mol. The third-order valence-electron chi connectivity index (χ3n) is 3.69. The Bertz CT molecular complexity index is 589. The van der Waals surface area contributed by atoms with Crippen molar-refractivity contribution < 1.29 is 10.0 Å². The van der Waals surface area contributed by atoms with Gasteiger partial charge in [-0.15, -0.1) is 0 Å². The van der Waals surface area contributed by atoms with Crippen molar-refractivity contribution in [1.29, 1.82) is 0 Å². The smallest absolute Gasteiger partial charge is 0.423 e. The summed E-state index contributed by atoms with van der Waals surface area (Å²) in [5.41, 5.74) is 2.75. The Balaban J connectivity index is 2.08. The first-order valence-electron chi connectivity index (χ1n) is 6.88. The maximum atomic E-state index is 9.22. The number of rotatable bonds is 5. The number of hydrogen-bond donors (Lipinski definition) is 2. The largest absolute Gasteiger partial charge is 0.488 e. The first kappa shape index (κ1) is 16.1. The van der Waals surface area contributed by atoms with Crippen molar-refractivity contribution in [2.75, 3.05) is 7.05 Å². The van der Waals surface area contributed by atoms with Gasteiger partial charge in [-0.3, -0.25) is 4.90 Å². The van der Waals surface area contributed by atoms with Crippen molar-refractivity contribution in [2.45, 2.75) is 19.5 Å². The number of hydrogen-bond acceptors (Lipinski definition) is 3. The van der Waals surface area contributed by atoms with E-state index in [1.54, 1.807) is 6.07 Å². The number of halogens is 1. The topological polar surface area (TPSA) is 43.7 Å². The Kier molecular flexibility index (Phi) is 5.42. The molecular weight excluding hydrogens is 284 g/mol. The summed E-state index contributed by atoms with van der Waals surface area (Å²) >= 11 is 5.91. The molecule has 110 valence electrons.